The van der Waals surface area contributed by atoms with Crippen LogP contribution >= 0.6 is 0 Å². The summed E-state index contributed by atoms with van der Waals surface area (Å²) in [5, 5.41) is 11.7. The van der Waals surface area contributed by atoms with Gasteiger partial charge in [-0.3, -0.25) is 14.9 Å². The van der Waals surface area contributed by atoms with Crippen molar-refractivity contribution < 1.29 is 24.0 Å². The molecule has 2 rings (SSSR count). The number of carbonyl (C=O) groups is 2. The Morgan fingerprint density at radius 2 is 1.80 bits per heavy atom. The largest absolute Gasteiger partial charge is 0.466 e. The summed E-state index contributed by atoms with van der Waals surface area (Å²) in [4.78, 5) is 38.2. The van der Waals surface area contributed by atoms with Gasteiger partial charge in [0.1, 0.15) is 5.69 Å². The summed E-state index contributed by atoms with van der Waals surface area (Å²) in [5.41, 5.74) is 0.291. The number of nitro groups is 1. The van der Waals surface area contributed by atoms with E-state index in [1.54, 1.807) is 13.8 Å². The average Bonchev–Trinajstić information content (AvgIpc) is 2.95. The summed E-state index contributed by atoms with van der Waals surface area (Å²) in [7, 11) is 0. The Labute approximate surface area is 146 Å². The van der Waals surface area contributed by atoms with Crippen LogP contribution in [0.4, 0.5) is 5.69 Å². The second-order valence-corrected chi connectivity index (χ2v) is 6.04. The van der Waals surface area contributed by atoms with E-state index < -0.39 is 16.9 Å². The van der Waals surface area contributed by atoms with Crippen molar-refractivity contribution in [3.05, 3.63) is 27.1 Å². The zero-order valence-corrected chi connectivity index (χ0v) is 14.6. The SMILES string of the molecule is CCOC(=O)Cc1c(C(=O)OCC)[nH]c(C2CCCCC2)c1[N+](=O)[O-]. The third-order valence-electron chi connectivity index (χ3n) is 4.40. The molecule has 1 fully saturated rings. The first-order valence-corrected chi connectivity index (χ1v) is 8.71. The Morgan fingerprint density at radius 3 is 2.36 bits per heavy atom. The number of ether oxygens (including phenoxy) is 2. The molecule has 0 bridgehead atoms. The topological polar surface area (TPSA) is 112 Å². The second-order valence-electron chi connectivity index (χ2n) is 6.04. The highest BCUT2D eigenvalue weighted by atomic mass is 16.6. The minimum atomic E-state index is -0.688. The standard InChI is InChI=1S/C17H24N2O6/c1-3-24-13(20)10-12-15(17(21)25-4-2)18-14(16(12)19(22)23)11-8-6-5-7-9-11/h11,18H,3-10H2,1-2H3. The van der Waals surface area contributed by atoms with Crippen LogP contribution in [0.15, 0.2) is 0 Å². The number of hydrogen-bond donors (Lipinski definition) is 1. The number of rotatable bonds is 7. The maximum Gasteiger partial charge on any atom is 0.355 e. The van der Waals surface area contributed by atoms with Crippen LogP contribution in [0.3, 0.4) is 0 Å². The molecular weight excluding hydrogens is 328 g/mol. The van der Waals surface area contributed by atoms with Gasteiger partial charge < -0.3 is 14.5 Å². The zero-order chi connectivity index (χ0) is 18.4. The maximum absolute atomic E-state index is 12.2. The summed E-state index contributed by atoms with van der Waals surface area (Å²) >= 11 is 0. The van der Waals surface area contributed by atoms with Gasteiger partial charge in [0.05, 0.1) is 35.8 Å². The summed E-state index contributed by atoms with van der Waals surface area (Å²) in [5.74, 6) is -1.31. The lowest BCUT2D eigenvalue weighted by Gasteiger charge is -2.20. The molecule has 0 amide bonds. The highest BCUT2D eigenvalue weighted by Crippen LogP contribution is 2.40. The lowest BCUT2D eigenvalue weighted by atomic mass is 9.86. The molecule has 1 aromatic rings. The molecule has 8 heteroatoms. The number of carbonyl (C=O) groups excluding carboxylic acids is 2. The number of aromatic nitrogens is 1. The molecule has 0 unspecified atom stereocenters. The predicted molar refractivity (Wildman–Crippen MR) is 89.6 cm³/mol. The first-order chi connectivity index (χ1) is 12.0. The number of aromatic amines is 1. The normalized spacial score (nSPS) is 15.0. The van der Waals surface area contributed by atoms with Crippen molar-refractivity contribution in [2.75, 3.05) is 13.2 Å². The number of nitrogens with zero attached hydrogens (tertiary/aromatic N) is 1. The Hall–Kier alpha value is -2.38. The molecule has 0 spiro atoms. The van der Waals surface area contributed by atoms with Crippen LogP contribution < -0.4 is 0 Å². The fourth-order valence-corrected chi connectivity index (χ4v) is 3.35. The highest BCUT2D eigenvalue weighted by molar-refractivity contribution is 5.93. The second kappa shape index (κ2) is 8.64. The van der Waals surface area contributed by atoms with E-state index in [0.717, 1.165) is 32.1 Å². The Kier molecular flexibility index (Phi) is 6.55. The van der Waals surface area contributed by atoms with Crippen LogP contribution in [0.2, 0.25) is 0 Å². The van der Waals surface area contributed by atoms with Crippen molar-refractivity contribution in [1.82, 2.24) is 4.98 Å². The molecule has 1 heterocycles. The summed E-state index contributed by atoms with van der Waals surface area (Å²) in [6.45, 7) is 3.62. The van der Waals surface area contributed by atoms with Crippen LogP contribution in [0.25, 0.3) is 0 Å². The molecule has 0 atom stereocenters. The van der Waals surface area contributed by atoms with Crippen molar-refractivity contribution >= 4 is 17.6 Å². The Balaban J connectivity index is 2.50. The zero-order valence-electron chi connectivity index (χ0n) is 14.6. The van der Waals surface area contributed by atoms with E-state index in [-0.39, 0.29) is 42.5 Å². The van der Waals surface area contributed by atoms with Crippen LogP contribution in [0.1, 0.15) is 73.6 Å². The summed E-state index contributed by atoms with van der Waals surface area (Å²) in [6.07, 6.45) is 4.39. The van der Waals surface area contributed by atoms with Crippen molar-refractivity contribution in [2.45, 2.75) is 58.3 Å². The summed E-state index contributed by atoms with van der Waals surface area (Å²) in [6, 6.07) is 0. The van der Waals surface area contributed by atoms with Gasteiger partial charge in [0.15, 0.2) is 0 Å². The molecule has 0 aliphatic heterocycles. The minimum Gasteiger partial charge on any atom is -0.466 e. The molecule has 1 saturated carbocycles. The lowest BCUT2D eigenvalue weighted by Crippen LogP contribution is -2.13. The molecule has 1 aromatic heterocycles. The molecule has 8 nitrogen and oxygen atoms in total. The van der Waals surface area contributed by atoms with E-state index in [1.165, 1.54) is 0 Å². The van der Waals surface area contributed by atoms with Gasteiger partial charge in [0.25, 0.3) is 5.69 Å². The van der Waals surface area contributed by atoms with Crippen molar-refractivity contribution in [2.24, 2.45) is 0 Å². The van der Waals surface area contributed by atoms with E-state index in [2.05, 4.69) is 4.98 Å². The summed E-state index contributed by atoms with van der Waals surface area (Å²) < 4.78 is 9.90. The molecule has 1 aliphatic rings. The number of nitrogens with one attached hydrogen (secondary N) is 1. The van der Waals surface area contributed by atoms with Crippen molar-refractivity contribution in [3.8, 4) is 0 Å². The van der Waals surface area contributed by atoms with Gasteiger partial charge >= 0.3 is 11.9 Å². The van der Waals surface area contributed by atoms with E-state index in [4.69, 9.17) is 9.47 Å². The predicted octanol–water partition coefficient (Wildman–Crippen LogP) is 3.25. The molecule has 138 valence electrons. The first-order valence-electron chi connectivity index (χ1n) is 8.71. The van der Waals surface area contributed by atoms with Gasteiger partial charge in [-0.25, -0.2) is 4.79 Å². The van der Waals surface area contributed by atoms with Gasteiger partial charge in [0.2, 0.25) is 0 Å². The van der Waals surface area contributed by atoms with Gasteiger partial charge in [0, 0.05) is 5.92 Å². The quantitative estimate of drug-likeness (QED) is 0.458. The monoisotopic (exact) mass is 352 g/mol. The molecule has 1 N–H and O–H groups in total. The van der Waals surface area contributed by atoms with Crippen molar-refractivity contribution in [3.63, 3.8) is 0 Å². The highest BCUT2D eigenvalue weighted by Gasteiger charge is 2.35. The van der Waals surface area contributed by atoms with Gasteiger partial charge in [-0.1, -0.05) is 19.3 Å². The van der Waals surface area contributed by atoms with Crippen LogP contribution in [0.5, 0.6) is 0 Å². The molecule has 25 heavy (non-hydrogen) atoms. The minimum absolute atomic E-state index is 0.0119. The van der Waals surface area contributed by atoms with Crippen LogP contribution in [-0.4, -0.2) is 35.1 Å². The van der Waals surface area contributed by atoms with E-state index in [9.17, 15) is 19.7 Å². The molecular formula is C17H24N2O6. The molecule has 1 aliphatic carbocycles. The molecule has 0 radical (unpaired) electrons. The lowest BCUT2D eigenvalue weighted by molar-refractivity contribution is -0.386. The number of esters is 2. The van der Waals surface area contributed by atoms with E-state index in [1.807, 2.05) is 0 Å². The average molecular weight is 352 g/mol. The van der Waals surface area contributed by atoms with Crippen molar-refractivity contribution in [1.29, 1.82) is 0 Å². The first kappa shape index (κ1) is 19.0. The van der Waals surface area contributed by atoms with E-state index in [0.29, 0.717) is 5.69 Å². The Bertz CT molecular complexity index is 646. The fourth-order valence-electron chi connectivity index (χ4n) is 3.35. The van der Waals surface area contributed by atoms with Gasteiger partial charge in [-0.15, -0.1) is 0 Å². The van der Waals surface area contributed by atoms with Gasteiger partial charge in [-0.2, -0.15) is 0 Å². The Morgan fingerprint density at radius 1 is 1.16 bits per heavy atom. The van der Waals surface area contributed by atoms with Crippen LogP contribution in [-0.2, 0) is 20.7 Å². The van der Waals surface area contributed by atoms with E-state index >= 15 is 0 Å². The third kappa shape index (κ3) is 4.37. The van der Waals surface area contributed by atoms with Crippen LogP contribution in [0, 0.1) is 10.1 Å². The number of H-pyrrole nitrogens is 1. The maximum atomic E-state index is 12.2. The molecule has 0 saturated heterocycles. The van der Waals surface area contributed by atoms with Gasteiger partial charge in [-0.05, 0) is 26.7 Å². The smallest absolute Gasteiger partial charge is 0.355 e. The fraction of sp³-hybridized carbons (Fsp3) is 0.647. The third-order valence-corrected chi connectivity index (χ3v) is 4.40. The number of hydrogen-bond acceptors (Lipinski definition) is 6. The molecule has 0 aromatic carbocycles.